The zero-order valence-electron chi connectivity index (χ0n) is 11.4. The number of nitrogens with one attached hydrogen (secondary N) is 1. The normalized spacial score (nSPS) is 20.4. The summed E-state index contributed by atoms with van der Waals surface area (Å²) in [5, 5.41) is 3.52. The molecular weight excluding hydrogens is 306 g/mol. The largest absolute Gasteiger partial charge is 0.313 e. The summed E-state index contributed by atoms with van der Waals surface area (Å²) in [7, 11) is -0.947. The van der Waals surface area contributed by atoms with Gasteiger partial charge in [-0.05, 0) is 37.4 Å². The van der Waals surface area contributed by atoms with Crippen LogP contribution >= 0.6 is 11.6 Å². The number of rotatable bonds is 3. The molecule has 1 heterocycles. The summed E-state index contributed by atoms with van der Waals surface area (Å²) in [5.74, 6) is 0.529. The maximum Gasteiger partial charge on any atom is 0.153 e. The van der Waals surface area contributed by atoms with Crippen molar-refractivity contribution >= 4 is 32.9 Å². The van der Waals surface area contributed by atoms with Gasteiger partial charge in [-0.1, -0.05) is 29.8 Å². The Morgan fingerprint density at radius 3 is 2.67 bits per heavy atom. The second-order valence-electron chi connectivity index (χ2n) is 4.60. The number of aliphatic imine (C=N–C) groups is 1. The van der Waals surface area contributed by atoms with Gasteiger partial charge in [0.2, 0.25) is 0 Å². The molecule has 2 aromatic carbocycles. The summed E-state index contributed by atoms with van der Waals surface area (Å²) >= 11 is 6.06. The highest BCUT2D eigenvalue weighted by Gasteiger charge is 2.24. The van der Waals surface area contributed by atoms with Gasteiger partial charge in [0.05, 0.1) is 22.0 Å². The van der Waals surface area contributed by atoms with E-state index < -0.39 is 9.73 Å². The van der Waals surface area contributed by atoms with Crippen LogP contribution < -0.4 is 5.32 Å². The highest BCUT2D eigenvalue weighted by molar-refractivity contribution is 7.94. The van der Waals surface area contributed by atoms with Crippen LogP contribution in [0.25, 0.3) is 0 Å². The Hall–Kier alpha value is -1.69. The van der Waals surface area contributed by atoms with Crippen molar-refractivity contribution in [3.63, 3.8) is 0 Å². The molecule has 0 bridgehead atoms. The highest BCUT2D eigenvalue weighted by Crippen LogP contribution is 2.36. The van der Waals surface area contributed by atoms with Crippen LogP contribution in [0.1, 0.15) is 0 Å². The molecule has 6 heteroatoms. The topological polar surface area (TPSA) is 53.8 Å². The van der Waals surface area contributed by atoms with Gasteiger partial charge in [-0.3, -0.25) is 0 Å². The minimum Gasteiger partial charge on any atom is -0.313 e. The van der Waals surface area contributed by atoms with Gasteiger partial charge in [-0.15, -0.1) is 0 Å². The molecule has 2 aromatic rings. The summed E-state index contributed by atoms with van der Waals surface area (Å²) in [4.78, 5) is 5.68. The Labute approximate surface area is 129 Å². The number of halogens is 1. The van der Waals surface area contributed by atoms with Crippen LogP contribution in [-0.2, 0) is 9.73 Å². The van der Waals surface area contributed by atoms with Crippen LogP contribution in [0.5, 0.6) is 0 Å². The van der Waals surface area contributed by atoms with Crippen molar-refractivity contribution in [3.05, 3.63) is 53.6 Å². The van der Waals surface area contributed by atoms with Gasteiger partial charge in [0.25, 0.3) is 0 Å². The number of hydrogen-bond donors (Lipinski definition) is 1. The second-order valence-corrected chi connectivity index (χ2v) is 7.18. The minimum atomic E-state index is -2.75. The monoisotopic (exact) mass is 319 g/mol. The Kier molecular flexibility index (Phi) is 3.80. The Balaban J connectivity index is 2.30. The van der Waals surface area contributed by atoms with Gasteiger partial charge in [0, 0.05) is 5.02 Å². The van der Waals surface area contributed by atoms with Crippen molar-refractivity contribution < 1.29 is 4.21 Å². The van der Waals surface area contributed by atoms with Crippen LogP contribution in [-0.4, -0.2) is 23.6 Å². The van der Waals surface area contributed by atoms with Gasteiger partial charge in [-0.2, -0.15) is 4.36 Å². The number of amidine groups is 1. The fraction of sp³-hybridized carbons (Fsp3) is 0.133. The zero-order chi connectivity index (χ0) is 14.9. The zero-order valence-corrected chi connectivity index (χ0v) is 13.0. The molecule has 3 rings (SSSR count). The average Bonchev–Trinajstić information content (AvgIpc) is 2.49. The van der Waals surface area contributed by atoms with E-state index in [1.165, 1.54) is 0 Å². The van der Waals surface area contributed by atoms with Crippen molar-refractivity contribution in [2.24, 2.45) is 9.36 Å². The van der Waals surface area contributed by atoms with E-state index in [2.05, 4.69) is 14.7 Å². The van der Waals surface area contributed by atoms with E-state index in [1.807, 2.05) is 30.3 Å². The summed E-state index contributed by atoms with van der Waals surface area (Å²) in [5.41, 5.74) is 0.661. The Bertz CT molecular complexity index is 824. The fourth-order valence-corrected chi connectivity index (χ4v) is 4.48. The van der Waals surface area contributed by atoms with E-state index in [1.54, 1.807) is 25.2 Å². The van der Waals surface area contributed by atoms with E-state index in [9.17, 15) is 4.21 Å². The predicted molar refractivity (Wildman–Crippen MR) is 86.0 cm³/mol. The first-order chi connectivity index (χ1) is 10.1. The van der Waals surface area contributed by atoms with Gasteiger partial charge < -0.3 is 5.32 Å². The molecule has 1 atom stereocenters. The molecule has 1 N–H and O–H groups in total. The maximum atomic E-state index is 13.5. The first kappa shape index (κ1) is 14.3. The lowest BCUT2D eigenvalue weighted by molar-refractivity contribution is 0.676. The van der Waals surface area contributed by atoms with Crippen molar-refractivity contribution in [3.8, 4) is 0 Å². The number of benzene rings is 2. The number of hydrogen-bond acceptors (Lipinski definition) is 4. The van der Waals surface area contributed by atoms with Crippen LogP contribution in [0.2, 0.25) is 5.02 Å². The van der Waals surface area contributed by atoms with Gasteiger partial charge in [0.1, 0.15) is 9.73 Å². The highest BCUT2D eigenvalue weighted by atomic mass is 35.5. The van der Waals surface area contributed by atoms with E-state index in [4.69, 9.17) is 11.6 Å². The lowest BCUT2D eigenvalue weighted by atomic mass is 10.3. The quantitative estimate of drug-likeness (QED) is 0.941. The molecule has 0 spiro atoms. The van der Waals surface area contributed by atoms with E-state index in [-0.39, 0.29) is 0 Å². The number of nitrogens with zero attached hydrogens (tertiary/aromatic N) is 2. The van der Waals surface area contributed by atoms with Gasteiger partial charge in [-0.25, -0.2) is 9.20 Å². The van der Waals surface area contributed by atoms with Crippen LogP contribution in [0, 0.1) is 0 Å². The second kappa shape index (κ2) is 5.60. The Morgan fingerprint density at radius 2 is 1.95 bits per heavy atom. The molecule has 0 fully saturated rings. The third-order valence-corrected chi connectivity index (χ3v) is 5.64. The molecule has 108 valence electrons. The van der Waals surface area contributed by atoms with Crippen LogP contribution in [0.4, 0.5) is 5.69 Å². The van der Waals surface area contributed by atoms with Crippen molar-refractivity contribution in [1.29, 1.82) is 0 Å². The van der Waals surface area contributed by atoms with Gasteiger partial charge >= 0.3 is 0 Å². The molecule has 21 heavy (non-hydrogen) atoms. The van der Waals surface area contributed by atoms with Crippen molar-refractivity contribution in [1.82, 2.24) is 5.32 Å². The summed E-state index contributed by atoms with van der Waals surface area (Å²) in [6.45, 7) is 0.464. The predicted octanol–water partition coefficient (Wildman–Crippen LogP) is 3.49. The maximum absolute atomic E-state index is 13.5. The minimum absolute atomic E-state index is 0.464. The van der Waals surface area contributed by atoms with Crippen molar-refractivity contribution in [2.75, 3.05) is 13.6 Å². The third-order valence-electron chi connectivity index (χ3n) is 3.10. The SMILES string of the molecule is CNCC1=Nc2ccc(Cl)cc2S(=O)(c2ccccc2)=N1. The molecule has 0 saturated heterocycles. The first-order valence-electron chi connectivity index (χ1n) is 6.47. The van der Waals surface area contributed by atoms with Crippen LogP contribution in [0.15, 0.2) is 67.7 Å². The molecule has 1 unspecified atom stereocenters. The third kappa shape index (κ3) is 2.60. The summed E-state index contributed by atoms with van der Waals surface area (Å²) in [6.07, 6.45) is 0. The summed E-state index contributed by atoms with van der Waals surface area (Å²) < 4.78 is 17.9. The molecule has 1 aliphatic rings. The standard InChI is InChI=1S/C15H14ClN3OS/c1-17-10-15-18-13-8-7-11(16)9-14(13)21(20,19-15)12-5-3-2-4-6-12/h2-9,17H,10H2,1H3. The van der Waals surface area contributed by atoms with E-state index in [0.717, 1.165) is 0 Å². The molecular formula is C15H14ClN3OS. The molecule has 4 nitrogen and oxygen atoms in total. The smallest absolute Gasteiger partial charge is 0.153 e. The fourth-order valence-electron chi connectivity index (χ4n) is 2.17. The molecule has 0 radical (unpaired) electrons. The van der Waals surface area contributed by atoms with Gasteiger partial charge in [0.15, 0.2) is 5.84 Å². The molecule has 1 aliphatic heterocycles. The van der Waals surface area contributed by atoms with E-state index >= 15 is 0 Å². The molecule has 0 aliphatic carbocycles. The number of likely N-dealkylation sites (N-methyl/N-ethyl adjacent to an activating group) is 1. The Morgan fingerprint density at radius 1 is 1.19 bits per heavy atom. The number of fused-ring (bicyclic) bond motifs is 1. The summed E-state index contributed by atoms with van der Waals surface area (Å²) in [6, 6.07) is 14.4. The van der Waals surface area contributed by atoms with Crippen LogP contribution in [0.3, 0.4) is 0 Å². The van der Waals surface area contributed by atoms with Crippen molar-refractivity contribution in [2.45, 2.75) is 9.79 Å². The van der Waals surface area contributed by atoms with E-state index in [0.29, 0.717) is 32.9 Å². The first-order valence-corrected chi connectivity index (χ1v) is 8.37. The molecule has 0 amide bonds. The average molecular weight is 320 g/mol. The lowest BCUT2D eigenvalue weighted by Crippen LogP contribution is -2.21. The lowest BCUT2D eigenvalue weighted by Gasteiger charge is -2.18. The molecule has 0 aromatic heterocycles. The molecule has 0 saturated carbocycles.